The first-order valence-electron chi connectivity index (χ1n) is 15.0. The summed E-state index contributed by atoms with van der Waals surface area (Å²) in [6.45, 7) is 4.02. The molecule has 8 rings (SSSR count). The quantitative estimate of drug-likeness (QED) is 0.164. The van der Waals surface area contributed by atoms with Crippen LogP contribution < -0.4 is 4.90 Å². The molecule has 2 aromatic carbocycles. The van der Waals surface area contributed by atoms with Gasteiger partial charge in [0, 0.05) is 31.6 Å². The van der Waals surface area contributed by atoms with E-state index in [2.05, 4.69) is 61.1 Å². The van der Waals surface area contributed by atoms with E-state index in [1.165, 1.54) is 12.1 Å². The summed E-state index contributed by atoms with van der Waals surface area (Å²) in [7, 11) is 2.15. The molecule has 0 radical (unpaired) electrons. The van der Waals surface area contributed by atoms with Gasteiger partial charge in [0.1, 0.15) is 33.7 Å². The van der Waals surface area contributed by atoms with Crippen molar-refractivity contribution in [1.82, 2.24) is 34.2 Å². The van der Waals surface area contributed by atoms with Crippen LogP contribution in [-0.2, 0) is 6.42 Å². The van der Waals surface area contributed by atoms with Crippen molar-refractivity contribution in [1.29, 1.82) is 10.5 Å². The van der Waals surface area contributed by atoms with E-state index in [-0.39, 0.29) is 10.3 Å². The molecule has 0 spiro atoms. The first kappa shape index (κ1) is 32.4. The van der Waals surface area contributed by atoms with Gasteiger partial charge in [0.2, 0.25) is 0 Å². The number of carbonyl (C=O) groups is 1. The van der Waals surface area contributed by atoms with Crippen LogP contribution >= 0.6 is 23.2 Å². The van der Waals surface area contributed by atoms with Crippen molar-refractivity contribution in [3.8, 4) is 12.1 Å². The topological polar surface area (TPSA) is 143 Å². The van der Waals surface area contributed by atoms with Gasteiger partial charge in [0.05, 0.1) is 45.7 Å². The molecule has 0 bridgehead atoms. The third kappa shape index (κ3) is 6.89. The van der Waals surface area contributed by atoms with Crippen molar-refractivity contribution in [3.05, 3.63) is 106 Å². The molecular formula is C35H28Cl2N10O. The van der Waals surface area contributed by atoms with Gasteiger partial charge in [0.15, 0.2) is 11.9 Å². The van der Waals surface area contributed by atoms with Crippen LogP contribution in [0.3, 0.4) is 0 Å². The van der Waals surface area contributed by atoms with Crippen LogP contribution in [-0.4, -0.2) is 73.7 Å². The lowest BCUT2D eigenvalue weighted by Gasteiger charge is -2.33. The normalized spacial score (nSPS) is 13.0. The minimum atomic E-state index is 0.141. The van der Waals surface area contributed by atoms with E-state index in [4.69, 9.17) is 33.4 Å². The molecule has 0 atom stereocenters. The van der Waals surface area contributed by atoms with Crippen LogP contribution in [0.1, 0.15) is 21.7 Å². The number of piperazine rings is 1. The van der Waals surface area contributed by atoms with E-state index in [0.717, 1.165) is 70.9 Å². The standard InChI is InChI=1S/C20H18N6.C9H7N3.C6H3Cl2NO/c1-24-8-10-25(11-9-24)18-7-6-14-12-15(13-21)20-22-16-4-2-3-5-17(16)26(20)19(14)23-18;10-6-5-9-11-7-3-1-2-4-8(7)12-9;7-5-2-1-4(3-10)6(8)9-5/h2-7,12H,8-11H2,1H3;1-4H,5H2,(H,11,12);1-3H. The number of hydrogen-bond donors (Lipinski definition) is 1. The summed E-state index contributed by atoms with van der Waals surface area (Å²) in [5, 5.41) is 19.4. The summed E-state index contributed by atoms with van der Waals surface area (Å²) in [6, 6.07) is 29.1. The SMILES string of the molecule is CN1CCN(c2ccc3cc(C#N)c4nc5ccccc5n4c3n2)CC1.N#CCc1nc2ccccc2[nH]1.O=Cc1ccc(Cl)nc1Cl. The summed E-state index contributed by atoms with van der Waals surface area (Å²) in [5.41, 5.74) is 6.21. The molecule has 6 heterocycles. The molecule has 0 unspecified atom stereocenters. The Labute approximate surface area is 285 Å². The monoisotopic (exact) mass is 674 g/mol. The summed E-state index contributed by atoms with van der Waals surface area (Å²) >= 11 is 11.0. The molecule has 1 aliphatic heterocycles. The number of imidazole rings is 2. The van der Waals surface area contributed by atoms with Crippen LogP contribution in [0, 0.1) is 22.7 Å². The maximum atomic E-state index is 10.2. The number of nitriles is 2. The second-order valence-electron chi connectivity index (χ2n) is 11.0. The number of H-pyrrole nitrogens is 1. The summed E-state index contributed by atoms with van der Waals surface area (Å²) in [5.74, 6) is 1.72. The zero-order chi connectivity index (χ0) is 33.6. The molecule has 1 saturated heterocycles. The Morgan fingerprint density at radius 2 is 1.60 bits per heavy atom. The number of benzene rings is 2. The number of para-hydroxylation sites is 4. The molecule has 1 N–H and O–H groups in total. The molecule has 48 heavy (non-hydrogen) atoms. The van der Waals surface area contributed by atoms with E-state index in [9.17, 15) is 10.1 Å². The van der Waals surface area contributed by atoms with E-state index in [0.29, 0.717) is 29.5 Å². The van der Waals surface area contributed by atoms with Crippen LogP contribution in [0.4, 0.5) is 5.82 Å². The number of carbonyl (C=O) groups excluding carboxylic acids is 1. The van der Waals surface area contributed by atoms with Gasteiger partial charge in [-0.15, -0.1) is 0 Å². The van der Waals surface area contributed by atoms with E-state index < -0.39 is 0 Å². The smallest absolute Gasteiger partial charge is 0.157 e. The van der Waals surface area contributed by atoms with Crippen molar-refractivity contribution in [2.75, 3.05) is 38.1 Å². The Hall–Kier alpha value is -5.59. The van der Waals surface area contributed by atoms with Crippen LogP contribution in [0.2, 0.25) is 10.3 Å². The van der Waals surface area contributed by atoms with Gasteiger partial charge in [-0.1, -0.05) is 47.5 Å². The van der Waals surface area contributed by atoms with Gasteiger partial charge in [-0.2, -0.15) is 10.5 Å². The second-order valence-corrected chi connectivity index (χ2v) is 11.7. The van der Waals surface area contributed by atoms with E-state index in [1.807, 2.05) is 59.0 Å². The van der Waals surface area contributed by atoms with Crippen molar-refractivity contribution in [2.45, 2.75) is 6.42 Å². The predicted molar refractivity (Wildman–Crippen MR) is 187 cm³/mol. The number of fused-ring (bicyclic) bond motifs is 6. The number of nitrogens with zero attached hydrogens (tertiary/aromatic N) is 9. The summed E-state index contributed by atoms with van der Waals surface area (Å²) in [6.07, 6.45) is 0.973. The van der Waals surface area contributed by atoms with Gasteiger partial charge in [-0.3, -0.25) is 9.20 Å². The lowest BCUT2D eigenvalue weighted by Crippen LogP contribution is -2.44. The fourth-order valence-corrected chi connectivity index (χ4v) is 5.74. The molecule has 13 heteroatoms. The maximum absolute atomic E-state index is 10.2. The number of rotatable bonds is 3. The highest BCUT2D eigenvalue weighted by Gasteiger charge is 2.18. The molecule has 238 valence electrons. The Balaban J connectivity index is 0.000000151. The molecule has 1 aliphatic rings. The number of aromatic nitrogens is 6. The lowest BCUT2D eigenvalue weighted by atomic mass is 10.2. The lowest BCUT2D eigenvalue weighted by molar-refractivity contribution is 0.112. The Morgan fingerprint density at radius 3 is 2.31 bits per heavy atom. The largest absolute Gasteiger partial charge is 0.354 e. The van der Waals surface area contributed by atoms with E-state index >= 15 is 0 Å². The third-order valence-corrected chi connectivity index (χ3v) is 8.32. The van der Waals surface area contributed by atoms with Crippen molar-refractivity contribution >= 4 is 74.1 Å². The number of pyridine rings is 3. The van der Waals surface area contributed by atoms with Crippen molar-refractivity contribution in [2.24, 2.45) is 0 Å². The van der Waals surface area contributed by atoms with Gasteiger partial charge in [-0.05, 0) is 61.6 Å². The highest BCUT2D eigenvalue weighted by atomic mass is 35.5. The van der Waals surface area contributed by atoms with Crippen LogP contribution in [0.25, 0.3) is 38.7 Å². The van der Waals surface area contributed by atoms with Gasteiger partial charge < -0.3 is 14.8 Å². The highest BCUT2D eigenvalue weighted by Crippen LogP contribution is 2.27. The summed E-state index contributed by atoms with van der Waals surface area (Å²) in [4.78, 5) is 35.4. The number of aldehydes is 1. The maximum Gasteiger partial charge on any atom is 0.157 e. The van der Waals surface area contributed by atoms with E-state index in [1.54, 1.807) is 0 Å². The Bertz CT molecular complexity index is 2310. The number of halogens is 2. The predicted octanol–water partition coefficient (Wildman–Crippen LogP) is 6.49. The first-order chi connectivity index (χ1) is 23.4. The summed E-state index contributed by atoms with van der Waals surface area (Å²) < 4.78 is 2.02. The minimum Gasteiger partial charge on any atom is -0.354 e. The number of likely N-dealkylation sites (N-methyl/N-ethyl adjacent to an activating group) is 1. The highest BCUT2D eigenvalue weighted by molar-refractivity contribution is 6.33. The van der Waals surface area contributed by atoms with Crippen molar-refractivity contribution < 1.29 is 4.79 Å². The number of aromatic amines is 1. The average Bonchev–Trinajstić information content (AvgIpc) is 3.70. The minimum absolute atomic E-state index is 0.141. The fourth-order valence-electron chi connectivity index (χ4n) is 5.35. The second kappa shape index (κ2) is 14.4. The molecule has 0 saturated carbocycles. The zero-order valence-corrected chi connectivity index (χ0v) is 27.3. The molecule has 0 aliphatic carbocycles. The Kier molecular flexibility index (Phi) is 9.74. The van der Waals surface area contributed by atoms with Crippen LogP contribution in [0.5, 0.6) is 0 Å². The molecule has 0 amide bonds. The molecule has 1 fully saturated rings. The Morgan fingerprint density at radius 1 is 0.854 bits per heavy atom. The fraction of sp³-hybridized carbons (Fsp3) is 0.171. The number of nitrogens with one attached hydrogen (secondary N) is 1. The van der Waals surface area contributed by atoms with Gasteiger partial charge >= 0.3 is 0 Å². The first-order valence-corrected chi connectivity index (χ1v) is 15.8. The molecular weight excluding hydrogens is 647 g/mol. The van der Waals surface area contributed by atoms with Crippen LogP contribution in [0.15, 0.2) is 78.9 Å². The third-order valence-electron chi connectivity index (χ3n) is 7.81. The molecule has 5 aromatic heterocycles. The number of hydrogen-bond acceptors (Lipinski definition) is 9. The molecule has 7 aromatic rings. The average molecular weight is 676 g/mol. The van der Waals surface area contributed by atoms with Crippen molar-refractivity contribution in [3.63, 3.8) is 0 Å². The van der Waals surface area contributed by atoms with Gasteiger partial charge in [-0.25, -0.2) is 19.9 Å². The number of anilines is 1. The molecule has 11 nitrogen and oxygen atoms in total. The zero-order valence-electron chi connectivity index (χ0n) is 25.8. The van der Waals surface area contributed by atoms with Gasteiger partial charge in [0.25, 0.3) is 0 Å².